The number of piperidine rings is 1. The van der Waals surface area contributed by atoms with E-state index in [1.54, 1.807) is 6.07 Å². The fourth-order valence-corrected chi connectivity index (χ4v) is 4.27. The van der Waals surface area contributed by atoms with Gasteiger partial charge in [-0.1, -0.05) is 35.9 Å². The first-order valence-corrected chi connectivity index (χ1v) is 11.3. The molecular formula is C22H28N2O3S. The Morgan fingerprint density at radius 2 is 1.71 bits per heavy atom. The van der Waals surface area contributed by atoms with Crippen LogP contribution >= 0.6 is 0 Å². The number of aryl methyl sites for hydroxylation is 3. The van der Waals surface area contributed by atoms with Crippen molar-refractivity contribution in [1.29, 1.82) is 0 Å². The number of carbonyl (C=O) groups excluding carboxylic acids is 1. The van der Waals surface area contributed by atoms with E-state index in [4.69, 9.17) is 5.14 Å². The van der Waals surface area contributed by atoms with E-state index < -0.39 is 10.0 Å². The van der Waals surface area contributed by atoms with Gasteiger partial charge in [0.2, 0.25) is 10.0 Å². The third kappa shape index (κ3) is 5.00. The highest BCUT2D eigenvalue weighted by atomic mass is 32.2. The number of nitrogens with zero attached hydrogens (tertiary/aromatic N) is 1. The molecule has 1 amide bonds. The first-order valence-electron chi connectivity index (χ1n) is 9.72. The Morgan fingerprint density at radius 1 is 1.07 bits per heavy atom. The third-order valence-corrected chi connectivity index (χ3v) is 6.54. The fraction of sp³-hybridized carbons (Fsp3) is 0.409. The van der Waals surface area contributed by atoms with Crippen molar-refractivity contribution in [3.05, 3.63) is 64.7 Å². The summed E-state index contributed by atoms with van der Waals surface area (Å²) in [6.45, 7) is 5.32. The molecule has 1 aliphatic rings. The number of amides is 1. The average molecular weight is 401 g/mol. The van der Waals surface area contributed by atoms with E-state index >= 15 is 0 Å². The minimum Gasteiger partial charge on any atom is -0.339 e. The number of hydrogen-bond acceptors (Lipinski definition) is 3. The molecule has 0 spiro atoms. The quantitative estimate of drug-likeness (QED) is 0.835. The molecule has 3 rings (SSSR count). The summed E-state index contributed by atoms with van der Waals surface area (Å²) in [6.07, 6.45) is 4.15. The molecule has 1 aliphatic heterocycles. The van der Waals surface area contributed by atoms with Gasteiger partial charge in [-0.15, -0.1) is 0 Å². The van der Waals surface area contributed by atoms with E-state index in [0.717, 1.165) is 31.2 Å². The summed E-state index contributed by atoms with van der Waals surface area (Å²) in [5, 5.41) is 5.21. The van der Waals surface area contributed by atoms with Crippen LogP contribution in [-0.2, 0) is 16.4 Å². The number of nitrogens with two attached hydrogens (primary N) is 1. The first-order chi connectivity index (χ1) is 13.2. The predicted octanol–water partition coefficient (Wildman–Crippen LogP) is 3.44. The van der Waals surface area contributed by atoms with Crippen molar-refractivity contribution in [2.45, 2.75) is 44.4 Å². The second-order valence-electron chi connectivity index (χ2n) is 7.78. The first kappa shape index (κ1) is 20.6. The van der Waals surface area contributed by atoms with E-state index in [1.807, 2.05) is 11.8 Å². The average Bonchev–Trinajstić information content (AvgIpc) is 2.67. The predicted molar refractivity (Wildman–Crippen MR) is 111 cm³/mol. The summed E-state index contributed by atoms with van der Waals surface area (Å²) in [7, 11) is -3.82. The Labute approximate surface area is 167 Å². The number of likely N-dealkylation sites (tertiary alicyclic amines) is 1. The monoisotopic (exact) mass is 400 g/mol. The Bertz CT molecular complexity index is 944. The number of benzene rings is 2. The van der Waals surface area contributed by atoms with Gasteiger partial charge < -0.3 is 4.90 Å². The molecule has 0 saturated carbocycles. The van der Waals surface area contributed by atoms with Gasteiger partial charge in [-0.3, -0.25) is 4.79 Å². The highest BCUT2D eigenvalue weighted by Crippen LogP contribution is 2.25. The Hall–Kier alpha value is -2.18. The maximum absolute atomic E-state index is 12.9. The van der Waals surface area contributed by atoms with Gasteiger partial charge in [-0.25, -0.2) is 13.6 Å². The number of sulfonamides is 1. The van der Waals surface area contributed by atoms with Crippen molar-refractivity contribution < 1.29 is 13.2 Å². The van der Waals surface area contributed by atoms with Gasteiger partial charge >= 0.3 is 0 Å². The van der Waals surface area contributed by atoms with Crippen molar-refractivity contribution in [2.24, 2.45) is 11.1 Å². The van der Waals surface area contributed by atoms with Crippen LogP contribution in [-0.4, -0.2) is 32.3 Å². The molecule has 0 unspecified atom stereocenters. The van der Waals surface area contributed by atoms with Crippen LogP contribution < -0.4 is 5.14 Å². The van der Waals surface area contributed by atoms with Crippen LogP contribution in [0.4, 0.5) is 0 Å². The van der Waals surface area contributed by atoms with Crippen LogP contribution in [0.5, 0.6) is 0 Å². The molecule has 150 valence electrons. The zero-order valence-corrected chi connectivity index (χ0v) is 17.3. The topological polar surface area (TPSA) is 80.5 Å². The minimum atomic E-state index is -3.82. The van der Waals surface area contributed by atoms with Crippen molar-refractivity contribution >= 4 is 15.9 Å². The molecule has 1 saturated heterocycles. The number of rotatable bonds is 5. The molecular weight excluding hydrogens is 372 g/mol. The lowest BCUT2D eigenvalue weighted by atomic mass is 9.90. The number of carbonyl (C=O) groups is 1. The normalized spacial score (nSPS) is 15.6. The van der Waals surface area contributed by atoms with E-state index in [-0.39, 0.29) is 10.8 Å². The fourth-order valence-electron chi connectivity index (χ4n) is 3.73. The zero-order chi connectivity index (χ0) is 20.3. The standard InChI is InChI=1S/C22H28N2O3S/c1-16-3-6-18(7-4-16)8-9-19-11-13-24(14-12-19)22(25)21-15-20(28(23,26)27)10-5-17(21)2/h3-7,10,15,19H,8-9,11-14H2,1-2H3,(H2,23,26,27). The summed E-state index contributed by atoms with van der Waals surface area (Å²) < 4.78 is 23.2. The number of hydrogen-bond donors (Lipinski definition) is 1. The lowest BCUT2D eigenvalue weighted by molar-refractivity contribution is 0.0686. The smallest absolute Gasteiger partial charge is 0.254 e. The van der Waals surface area contributed by atoms with Crippen LogP contribution in [0.1, 0.15) is 46.3 Å². The largest absolute Gasteiger partial charge is 0.339 e. The number of primary sulfonamides is 1. The molecule has 1 fully saturated rings. The highest BCUT2D eigenvalue weighted by Gasteiger charge is 2.25. The molecule has 2 aromatic rings. The summed E-state index contributed by atoms with van der Waals surface area (Å²) in [5.74, 6) is 0.502. The molecule has 28 heavy (non-hydrogen) atoms. The second kappa shape index (κ2) is 8.45. The van der Waals surface area contributed by atoms with Crippen molar-refractivity contribution in [3.8, 4) is 0 Å². The summed E-state index contributed by atoms with van der Waals surface area (Å²) in [5.41, 5.74) is 3.82. The maximum Gasteiger partial charge on any atom is 0.254 e. The van der Waals surface area contributed by atoms with Crippen LogP contribution in [0.15, 0.2) is 47.4 Å². The van der Waals surface area contributed by atoms with Gasteiger partial charge in [-0.05, 0) is 68.7 Å². The molecule has 0 aliphatic carbocycles. The molecule has 1 heterocycles. The molecule has 5 nitrogen and oxygen atoms in total. The Balaban J connectivity index is 1.59. The van der Waals surface area contributed by atoms with Crippen LogP contribution in [0.25, 0.3) is 0 Å². The second-order valence-corrected chi connectivity index (χ2v) is 9.34. The van der Waals surface area contributed by atoms with E-state index in [1.165, 1.54) is 23.3 Å². The molecule has 0 bridgehead atoms. The maximum atomic E-state index is 12.9. The van der Waals surface area contributed by atoms with E-state index in [2.05, 4.69) is 31.2 Å². The van der Waals surface area contributed by atoms with Gasteiger partial charge in [0, 0.05) is 18.7 Å². The van der Waals surface area contributed by atoms with Crippen LogP contribution in [0.2, 0.25) is 0 Å². The molecule has 2 N–H and O–H groups in total. The van der Waals surface area contributed by atoms with E-state index in [9.17, 15) is 13.2 Å². The van der Waals surface area contributed by atoms with Crippen LogP contribution in [0, 0.1) is 19.8 Å². The Kier molecular flexibility index (Phi) is 6.20. The van der Waals surface area contributed by atoms with Gasteiger partial charge in [-0.2, -0.15) is 0 Å². The Morgan fingerprint density at radius 3 is 2.32 bits per heavy atom. The van der Waals surface area contributed by atoms with Gasteiger partial charge in [0.1, 0.15) is 0 Å². The highest BCUT2D eigenvalue weighted by molar-refractivity contribution is 7.89. The molecule has 6 heteroatoms. The van der Waals surface area contributed by atoms with Gasteiger partial charge in [0.25, 0.3) is 5.91 Å². The zero-order valence-electron chi connectivity index (χ0n) is 16.5. The lowest BCUT2D eigenvalue weighted by Gasteiger charge is -2.32. The minimum absolute atomic E-state index is 0.0190. The van der Waals surface area contributed by atoms with Gasteiger partial charge in [0.05, 0.1) is 4.90 Å². The third-order valence-electron chi connectivity index (χ3n) is 5.63. The lowest BCUT2D eigenvalue weighted by Crippen LogP contribution is -2.39. The molecule has 0 atom stereocenters. The SMILES string of the molecule is Cc1ccc(CCC2CCN(C(=O)c3cc(S(N)(=O)=O)ccc3C)CC2)cc1. The molecule has 2 aromatic carbocycles. The summed E-state index contributed by atoms with van der Waals surface area (Å²) in [6, 6.07) is 13.2. The summed E-state index contributed by atoms with van der Waals surface area (Å²) in [4.78, 5) is 14.7. The molecule has 0 radical (unpaired) electrons. The molecule has 0 aromatic heterocycles. The van der Waals surface area contributed by atoms with Gasteiger partial charge in [0.15, 0.2) is 0 Å². The van der Waals surface area contributed by atoms with E-state index in [0.29, 0.717) is 24.6 Å². The summed E-state index contributed by atoms with van der Waals surface area (Å²) >= 11 is 0. The van der Waals surface area contributed by atoms with Crippen LogP contribution in [0.3, 0.4) is 0 Å². The van der Waals surface area contributed by atoms with Crippen molar-refractivity contribution in [3.63, 3.8) is 0 Å². The van der Waals surface area contributed by atoms with Crippen molar-refractivity contribution in [1.82, 2.24) is 4.90 Å². The van der Waals surface area contributed by atoms with Crippen molar-refractivity contribution in [2.75, 3.05) is 13.1 Å².